The molecule has 0 spiro atoms. The molecule has 0 fully saturated rings. The first-order chi connectivity index (χ1) is 5.36. The van der Waals surface area contributed by atoms with Crippen molar-refractivity contribution >= 4 is 0 Å². The Morgan fingerprint density at radius 1 is 1.25 bits per heavy atom. The lowest BCUT2D eigenvalue weighted by Gasteiger charge is -2.24. The normalized spacial score (nSPS) is 17.0. The first-order valence-corrected chi connectivity index (χ1v) is 4.66. The molecule has 0 bridgehead atoms. The van der Waals surface area contributed by atoms with E-state index in [-0.39, 0.29) is 12.0 Å². The minimum Gasteiger partial charge on any atom is -0.379 e. The van der Waals surface area contributed by atoms with E-state index >= 15 is 0 Å². The van der Waals surface area contributed by atoms with Crippen LogP contribution in [0.4, 0.5) is 4.39 Å². The summed E-state index contributed by atoms with van der Waals surface area (Å²) in [5, 5.41) is 0. The first-order valence-electron chi connectivity index (χ1n) is 4.66. The van der Waals surface area contributed by atoms with Crippen LogP contribution in [0.5, 0.6) is 0 Å². The van der Waals surface area contributed by atoms with Gasteiger partial charge in [-0.2, -0.15) is 0 Å². The largest absolute Gasteiger partial charge is 0.379 e. The highest BCUT2D eigenvalue weighted by Gasteiger charge is 2.26. The molecule has 0 aliphatic heterocycles. The topological polar surface area (TPSA) is 9.23 Å². The van der Waals surface area contributed by atoms with Gasteiger partial charge in [-0.15, -0.1) is 0 Å². The maximum Gasteiger partial charge on any atom is 0.112 e. The van der Waals surface area contributed by atoms with Crippen molar-refractivity contribution in [3.05, 3.63) is 0 Å². The highest BCUT2D eigenvalue weighted by atomic mass is 19.1. The fourth-order valence-electron chi connectivity index (χ4n) is 0.783. The zero-order valence-corrected chi connectivity index (χ0v) is 8.86. The minimum absolute atomic E-state index is 0.0632. The van der Waals surface area contributed by atoms with E-state index in [1.807, 2.05) is 27.7 Å². The fraction of sp³-hybridized carbons (Fsp3) is 1.00. The Morgan fingerprint density at radius 3 is 2.08 bits per heavy atom. The molecule has 0 aliphatic rings. The van der Waals surface area contributed by atoms with Gasteiger partial charge in [0, 0.05) is 13.0 Å². The van der Waals surface area contributed by atoms with Crippen molar-refractivity contribution < 1.29 is 9.13 Å². The van der Waals surface area contributed by atoms with E-state index in [0.717, 1.165) is 0 Å². The number of hydrogen-bond acceptors (Lipinski definition) is 1. The summed E-state index contributed by atoms with van der Waals surface area (Å²) in [6, 6.07) is 0. The molecule has 0 aromatic rings. The summed E-state index contributed by atoms with van der Waals surface area (Å²) < 4.78 is 18.9. The Labute approximate surface area is 75.3 Å². The zero-order valence-electron chi connectivity index (χ0n) is 8.86. The molecule has 0 amide bonds. The molecular weight excluding hydrogens is 155 g/mol. The lowest BCUT2D eigenvalue weighted by atomic mass is 9.91. The predicted octanol–water partition coefficient (Wildman–Crippen LogP) is 3.19. The van der Waals surface area contributed by atoms with E-state index in [0.29, 0.717) is 13.0 Å². The molecule has 74 valence electrons. The van der Waals surface area contributed by atoms with Crippen LogP contribution < -0.4 is 0 Å². The van der Waals surface area contributed by atoms with Crippen molar-refractivity contribution in [2.75, 3.05) is 6.61 Å². The van der Waals surface area contributed by atoms with Gasteiger partial charge in [-0.3, -0.25) is 0 Å². The smallest absolute Gasteiger partial charge is 0.112 e. The van der Waals surface area contributed by atoms with Crippen molar-refractivity contribution in [3.8, 4) is 0 Å². The zero-order chi connectivity index (χ0) is 9.78. The second-order valence-electron chi connectivity index (χ2n) is 4.10. The second kappa shape index (κ2) is 4.80. The van der Waals surface area contributed by atoms with Crippen molar-refractivity contribution in [3.63, 3.8) is 0 Å². The van der Waals surface area contributed by atoms with E-state index in [1.54, 1.807) is 6.92 Å². The van der Waals surface area contributed by atoms with Gasteiger partial charge in [0.05, 0.1) is 6.10 Å². The molecule has 0 heterocycles. The van der Waals surface area contributed by atoms with Crippen LogP contribution in [0.2, 0.25) is 0 Å². The number of halogens is 1. The summed E-state index contributed by atoms with van der Waals surface area (Å²) in [6.45, 7) is 9.88. The highest BCUT2D eigenvalue weighted by Crippen LogP contribution is 2.25. The van der Waals surface area contributed by atoms with Crippen LogP contribution in [0.15, 0.2) is 0 Å². The van der Waals surface area contributed by atoms with Crippen molar-refractivity contribution in [2.24, 2.45) is 5.92 Å². The van der Waals surface area contributed by atoms with Crippen LogP contribution in [0.3, 0.4) is 0 Å². The van der Waals surface area contributed by atoms with Crippen molar-refractivity contribution in [2.45, 2.75) is 52.8 Å². The Kier molecular flexibility index (Phi) is 4.76. The van der Waals surface area contributed by atoms with E-state index in [2.05, 4.69) is 0 Å². The number of rotatable bonds is 5. The van der Waals surface area contributed by atoms with E-state index in [4.69, 9.17) is 4.74 Å². The van der Waals surface area contributed by atoms with Crippen LogP contribution in [0.1, 0.15) is 41.0 Å². The predicted molar refractivity (Wildman–Crippen MR) is 50.1 cm³/mol. The van der Waals surface area contributed by atoms with Gasteiger partial charge in [0.25, 0.3) is 0 Å². The van der Waals surface area contributed by atoms with Crippen LogP contribution in [0, 0.1) is 5.92 Å². The molecule has 1 atom stereocenters. The minimum atomic E-state index is -1.09. The maximum absolute atomic E-state index is 13.6. The summed E-state index contributed by atoms with van der Waals surface area (Å²) in [7, 11) is 0. The molecule has 1 nitrogen and oxygen atoms in total. The molecule has 2 heteroatoms. The van der Waals surface area contributed by atoms with Gasteiger partial charge < -0.3 is 4.74 Å². The van der Waals surface area contributed by atoms with Crippen LogP contribution in [0.25, 0.3) is 0 Å². The average Bonchev–Trinajstić information content (AvgIpc) is 1.85. The third kappa shape index (κ3) is 4.70. The van der Waals surface area contributed by atoms with Gasteiger partial charge in [0.15, 0.2) is 0 Å². The van der Waals surface area contributed by atoms with Crippen LogP contribution in [-0.4, -0.2) is 18.4 Å². The SMILES string of the molecule is CC(C)OCCC(C)(F)C(C)C. The Bertz CT molecular complexity index is 119. The van der Waals surface area contributed by atoms with Crippen LogP contribution in [-0.2, 0) is 4.74 Å². The fourth-order valence-corrected chi connectivity index (χ4v) is 0.783. The Morgan fingerprint density at radius 2 is 1.75 bits per heavy atom. The summed E-state index contributed by atoms with van der Waals surface area (Å²) in [4.78, 5) is 0. The lowest BCUT2D eigenvalue weighted by Crippen LogP contribution is -2.27. The summed E-state index contributed by atoms with van der Waals surface area (Å²) in [5.41, 5.74) is -1.09. The molecule has 0 aromatic heterocycles. The Balaban J connectivity index is 3.61. The quantitative estimate of drug-likeness (QED) is 0.625. The average molecular weight is 176 g/mol. The third-order valence-electron chi connectivity index (χ3n) is 2.25. The van der Waals surface area contributed by atoms with E-state index in [9.17, 15) is 4.39 Å². The summed E-state index contributed by atoms with van der Waals surface area (Å²) >= 11 is 0. The van der Waals surface area contributed by atoms with Gasteiger partial charge in [0.2, 0.25) is 0 Å². The van der Waals surface area contributed by atoms with E-state index < -0.39 is 5.67 Å². The molecule has 0 aliphatic carbocycles. The van der Waals surface area contributed by atoms with Crippen LogP contribution >= 0.6 is 0 Å². The summed E-state index contributed by atoms with van der Waals surface area (Å²) in [6.07, 6.45) is 0.691. The van der Waals surface area contributed by atoms with Crippen molar-refractivity contribution in [1.29, 1.82) is 0 Å². The number of ether oxygens (including phenoxy) is 1. The van der Waals surface area contributed by atoms with Gasteiger partial charge >= 0.3 is 0 Å². The summed E-state index contributed by atoms with van der Waals surface area (Å²) in [5.74, 6) is 0.0632. The molecular formula is C10H21FO. The van der Waals surface area contributed by atoms with Gasteiger partial charge in [-0.05, 0) is 26.7 Å². The standard InChI is InChI=1S/C10H21FO/c1-8(2)10(5,11)6-7-12-9(3)4/h8-9H,6-7H2,1-5H3. The highest BCUT2D eigenvalue weighted by molar-refractivity contribution is 4.76. The molecule has 1 unspecified atom stereocenters. The number of alkyl halides is 1. The monoisotopic (exact) mass is 176 g/mol. The molecule has 0 saturated heterocycles. The molecule has 0 aromatic carbocycles. The second-order valence-corrected chi connectivity index (χ2v) is 4.10. The number of hydrogen-bond donors (Lipinski definition) is 0. The van der Waals surface area contributed by atoms with Gasteiger partial charge in [-0.1, -0.05) is 13.8 Å². The molecule has 0 radical (unpaired) electrons. The molecule has 0 saturated carbocycles. The molecule has 0 N–H and O–H groups in total. The molecule has 0 rings (SSSR count). The van der Waals surface area contributed by atoms with Crippen molar-refractivity contribution in [1.82, 2.24) is 0 Å². The van der Waals surface area contributed by atoms with E-state index in [1.165, 1.54) is 0 Å². The van der Waals surface area contributed by atoms with Gasteiger partial charge in [0.1, 0.15) is 5.67 Å². The lowest BCUT2D eigenvalue weighted by molar-refractivity contribution is 0.0248. The third-order valence-corrected chi connectivity index (χ3v) is 2.25. The molecule has 12 heavy (non-hydrogen) atoms. The first kappa shape index (κ1) is 11.9. The van der Waals surface area contributed by atoms with Gasteiger partial charge in [-0.25, -0.2) is 4.39 Å². The Hall–Kier alpha value is -0.110. The maximum atomic E-state index is 13.6.